The summed E-state index contributed by atoms with van der Waals surface area (Å²) in [5.74, 6) is -0.135. The summed E-state index contributed by atoms with van der Waals surface area (Å²) < 4.78 is 1.06. The zero-order chi connectivity index (χ0) is 13.1. The van der Waals surface area contributed by atoms with Crippen molar-refractivity contribution in [1.82, 2.24) is 9.88 Å². The summed E-state index contributed by atoms with van der Waals surface area (Å²) in [5, 5.41) is 2.01. The van der Waals surface area contributed by atoms with Crippen LogP contribution in [0.4, 0.5) is 5.69 Å². The van der Waals surface area contributed by atoms with Gasteiger partial charge in [0.15, 0.2) is 0 Å². The molecule has 0 aliphatic carbocycles. The molecule has 94 valence electrons. The quantitative estimate of drug-likeness (QED) is 0.943. The summed E-state index contributed by atoms with van der Waals surface area (Å²) in [7, 11) is 1.75. The average Bonchev–Trinajstić information content (AvgIpc) is 2.73. The number of amides is 1. The van der Waals surface area contributed by atoms with Crippen LogP contribution < -0.4 is 5.73 Å². The molecule has 0 saturated heterocycles. The summed E-state index contributed by atoms with van der Waals surface area (Å²) in [4.78, 5) is 17.8. The minimum atomic E-state index is -0.135. The van der Waals surface area contributed by atoms with Gasteiger partial charge >= 0.3 is 0 Å². The lowest BCUT2D eigenvalue weighted by Gasteiger charge is -2.15. The molecule has 0 unspecified atom stereocenters. The molecule has 2 N–H and O–H groups in total. The van der Waals surface area contributed by atoms with E-state index in [9.17, 15) is 4.79 Å². The molecule has 4 nitrogen and oxygen atoms in total. The van der Waals surface area contributed by atoms with Gasteiger partial charge in [0.2, 0.25) is 0 Å². The van der Waals surface area contributed by atoms with Crippen molar-refractivity contribution < 1.29 is 4.79 Å². The Balaban J connectivity index is 2.09. The van der Waals surface area contributed by atoms with E-state index < -0.39 is 0 Å². The molecule has 18 heavy (non-hydrogen) atoms. The molecule has 0 aliphatic rings. The van der Waals surface area contributed by atoms with Gasteiger partial charge in [0, 0.05) is 25.5 Å². The Kier molecular flexibility index (Phi) is 3.98. The van der Waals surface area contributed by atoms with E-state index >= 15 is 0 Å². The number of halogens is 1. The Morgan fingerprint density at radius 3 is 2.94 bits per heavy atom. The van der Waals surface area contributed by atoms with Crippen molar-refractivity contribution in [3.05, 3.63) is 44.8 Å². The third kappa shape index (κ3) is 3.08. The highest BCUT2D eigenvalue weighted by molar-refractivity contribution is 9.11. The highest BCUT2D eigenvalue weighted by Crippen LogP contribution is 2.21. The molecule has 0 radical (unpaired) electrons. The molecular formula is C12H12BrN3OS. The van der Waals surface area contributed by atoms with Gasteiger partial charge in [-0.15, -0.1) is 11.3 Å². The van der Waals surface area contributed by atoms with Crippen LogP contribution in [0, 0.1) is 0 Å². The Hall–Kier alpha value is -1.40. The first-order chi connectivity index (χ1) is 8.56. The van der Waals surface area contributed by atoms with Gasteiger partial charge in [-0.2, -0.15) is 0 Å². The Labute approximate surface area is 118 Å². The van der Waals surface area contributed by atoms with Crippen LogP contribution in [0.25, 0.3) is 0 Å². The van der Waals surface area contributed by atoms with Crippen LogP contribution in [0.3, 0.4) is 0 Å². The number of nitrogen functional groups attached to an aromatic ring is 1. The summed E-state index contributed by atoms with van der Waals surface area (Å²) >= 11 is 5.00. The first-order valence-corrected chi connectivity index (χ1v) is 6.93. The predicted molar refractivity (Wildman–Crippen MR) is 76.5 cm³/mol. The highest BCUT2D eigenvalue weighted by Gasteiger charge is 2.14. The standard InChI is InChI=1S/C12H12BrN3OS/c1-16(6-8-4-11(13)18-7-8)12(17)10-5-9(14)2-3-15-10/h2-5,7H,6H2,1H3,(H2,14,15). The number of hydrogen-bond donors (Lipinski definition) is 1. The zero-order valence-corrected chi connectivity index (χ0v) is 12.2. The molecule has 2 aromatic heterocycles. The topological polar surface area (TPSA) is 59.2 Å². The van der Waals surface area contributed by atoms with Crippen LogP contribution in [-0.4, -0.2) is 22.8 Å². The van der Waals surface area contributed by atoms with Gasteiger partial charge in [-0.1, -0.05) is 0 Å². The number of rotatable bonds is 3. The molecule has 2 aromatic rings. The number of carbonyl (C=O) groups is 1. The van der Waals surface area contributed by atoms with Crippen LogP contribution in [0.5, 0.6) is 0 Å². The van der Waals surface area contributed by atoms with Crippen LogP contribution in [0.15, 0.2) is 33.6 Å². The van der Waals surface area contributed by atoms with E-state index in [-0.39, 0.29) is 5.91 Å². The second-order valence-electron chi connectivity index (χ2n) is 3.89. The lowest BCUT2D eigenvalue weighted by Crippen LogP contribution is -2.26. The van der Waals surface area contributed by atoms with Gasteiger partial charge < -0.3 is 10.6 Å². The molecule has 0 aromatic carbocycles. The van der Waals surface area contributed by atoms with E-state index in [1.807, 2.05) is 11.4 Å². The van der Waals surface area contributed by atoms with Crippen molar-refractivity contribution in [2.75, 3.05) is 12.8 Å². The van der Waals surface area contributed by atoms with Crippen molar-refractivity contribution >= 4 is 38.9 Å². The van der Waals surface area contributed by atoms with Crippen LogP contribution >= 0.6 is 27.3 Å². The molecule has 0 spiro atoms. The van der Waals surface area contributed by atoms with Crippen molar-refractivity contribution in [2.45, 2.75) is 6.54 Å². The van der Waals surface area contributed by atoms with Crippen molar-refractivity contribution in [3.63, 3.8) is 0 Å². The second kappa shape index (κ2) is 5.49. The van der Waals surface area contributed by atoms with Crippen LogP contribution in [-0.2, 0) is 6.54 Å². The van der Waals surface area contributed by atoms with E-state index in [1.165, 1.54) is 6.20 Å². The van der Waals surface area contributed by atoms with E-state index in [1.54, 1.807) is 35.4 Å². The summed E-state index contributed by atoms with van der Waals surface area (Å²) in [6.45, 7) is 0.553. The minimum absolute atomic E-state index is 0.135. The lowest BCUT2D eigenvalue weighted by molar-refractivity contribution is 0.0779. The van der Waals surface area contributed by atoms with E-state index in [0.717, 1.165) is 9.35 Å². The molecule has 0 atom stereocenters. The summed E-state index contributed by atoms with van der Waals surface area (Å²) in [5.41, 5.74) is 7.64. The molecule has 0 bridgehead atoms. The number of nitrogens with zero attached hydrogens (tertiary/aromatic N) is 2. The number of thiophene rings is 1. The Bertz CT molecular complexity index is 570. The number of aromatic nitrogens is 1. The molecule has 2 rings (SSSR count). The number of anilines is 1. The lowest BCUT2D eigenvalue weighted by atomic mass is 10.2. The van der Waals surface area contributed by atoms with E-state index in [4.69, 9.17) is 5.73 Å². The van der Waals surface area contributed by atoms with E-state index in [0.29, 0.717) is 17.9 Å². The summed E-state index contributed by atoms with van der Waals surface area (Å²) in [6, 6.07) is 5.25. The highest BCUT2D eigenvalue weighted by atomic mass is 79.9. The van der Waals surface area contributed by atoms with Gasteiger partial charge in [0.1, 0.15) is 5.69 Å². The van der Waals surface area contributed by atoms with Crippen LogP contribution in [0.1, 0.15) is 16.1 Å². The molecule has 6 heteroatoms. The Morgan fingerprint density at radius 1 is 1.56 bits per heavy atom. The summed E-state index contributed by atoms with van der Waals surface area (Å²) in [6.07, 6.45) is 1.54. The fraction of sp³-hybridized carbons (Fsp3) is 0.167. The molecular weight excluding hydrogens is 314 g/mol. The third-order valence-corrected chi connectivity index (χ3v) is 3.94. The monoisotopic (exact) mass is 325 g/mol. The molecule has 1 amide bonds. The number of carbonyl (C=O) groups excluding carboxylic acids is 1. The second-order valence-corrected chi connectivity index (χ2v) is 6.19. The maximum absolute atomic E-state index is 12.1. The van der Waals surface area contributed by atoms with Gasteiger partial charge in [0.05, 0.1) is 3.79 Å². The Morgan fingerprint density at radius 2 is 2.33 bits per heavy atom. The smallest absolute Gasteiger partial charge is 0.272 e. The fourth-order valence-corrected chi connectivity index (χ4v) is 2.73. The maximum atomic E-state index is 12.1. The van der Waals surface area contributed by atoms with Gasteiger partial charge in [-0.05, 0) is 45.1 Å². The van der Waals surface area contributed by atoms with Gasteiger partial charge in [0.25, 0.3) is 5.91 Å². The average molecular weight is 326 g/mol. The zero-order valence-electron chi connectivity index (χ0n) is 9.76. The first-order valence-electron chi connectivity index (χ1n) is 5.26. The molecule has 0 saturated carbocycles. The molecule has 2 heterocycles. The molecule has 0 fully saturated rings. The fourth-order valence-electron chi connectivity index (χ4n) is 1.53. The van der Waals surface area contributed by atoms with Gasteiger partial charge in [-0.25, -0.2) is 0 Å². The number of hydrogen-bond acceptors (Lipinski definition) is 4. The predicted octanol–water partition coefficient (Wildman–Crippen LogP) is 2.76. The van der Waals surface area contributed by atoms with Crippen molar-refractivity contribution in [2.24, 2.45) is 0 Å². The van der Waals surface area contributed by atoms with Crippen molar-refractivity contribution in [3.8, 4) is 0 Å². The van der Waals surface area contributed by atoms with Gasteiger partial charge in [-0.3, -0.25) is 9.78 Å². The van der Waals surface area contributed by atoms with Crippen LogP contribution in [0.2, 0.25) is 0 Å². The minimum Gasteiger partial charge on any atom is -0.399 e. The maximum Gasteiger partial charge on any atom is 0.272 e. The van der Waals surface area contributed by atoms with E-state index in [2.05, 4.69) is 20.9 Å². The third-order valence-electron chi connectivity index (χ3n) is 2.39. The van der Waals surface area contributed by atoms with Crippen molar-refractivity contribution in [1.29, 1.82) is 0 Å². The number of nitrogens with two attached hydrogens (primary N) is 1. The normalized spacial score (nSPS) is 10.3. The largest absolute Gasteiger partial charge is 0.399 e. The molecule has 0 aliphatic heterocycles. The SMILES string of the molecule is CN(Cc1csc(Br)c1)C(=O)c1cc(N)ccn1. The first kappa shape index (κ1) is 13.0. The number of pyridine rings is 1.